The third-order valence-corrected chi connectivity index (χ3v) is 8.67. The minimum Gasteiger partial charge on any atom is -0.460 e. The van der Waals surface area contributed by atoms with E-state index in [0.717, 1.165) is 57.9 Å². The molecular weight excluding hydrogens is 430 g/mol. The molecule has 0 fully saturated rings. The van der Waals surface area contributed by atoms with Crippen LogP contribution in [0.1, 0.15) is 49.6 Å². The fourth-order valence-electron chi connectivity index (χ4n) is 5.22. The molecule has 1 heterocycles. The van der Waals surface area contributed by atoms with E-state index in [2.05, 4.69) is 25.5 Å². The van der Waals surface area contributed by atoms with E-state index < -0.39 is 10.0 Å². The van der Waals surface area contributed by atoms with Gasteiger partial charge in [0.25, 0.3) is 10.0 Å². The van der Waals surface area contributed by atoms with Crippen molar-refractivity contribution < 1.29 is 12.8 Å². The number of benzene rings is 3. The van der Waals surface area contributed by atoms with Crippen molar-refractivity contribution >= 4 is 37.5 Å². The molecule has 1 aliphatic rings. The molecule has 5 rings (SSSR count). The molecule has 5 heteroatoms. The lowest BCUT2D eigenvalue weighted by Crippen LogP contribution is -2.26. The van der Waals surface area contributed by atoms with Crippen LogP contribution in [0, 0.1) is 25.2 Å². The number of hydrogen-bond donors (Lipinski definition) is 1. The Labute approximate surface area is 196 Å². The summed E-state index contributed by atoms with van der Waals surface area (Å²) in [5.41, 5.74) is 4.68. The minimum absolute atomic E-state index is 0.214. The van der Waals surface area contributed by atoms with Crippen LogP contribution in [0.5, 0.6) is 0 Å². The Kier molecular flexibility index (Phi) is 5.09. The van der Waals surface area contributed by atoms with E-state index >= 15 is 0 Å². The van der Waals surface area contributed by atoms with Crippen molar-refractivity contribution in [3.8, 4) is 0 Å². The molecule has 33 heavy (non-hydrogen) atoms. The largest absolute Gasteiger partial charge is 0.460 e. The zero-order valence-corrected chi connectivity index (χ0v) is 20.8. The first-order chi connectivity index (χ1) is 15.5. The second-order valence-electron chi connectivity index (χ2n) is 10.5. The van der Waals surface area contributed by atoms with Crippen LogP contribution >= 0.6 is 0 Å². The van der Waals surface area contributed by atoms with E-state index in [1.165, 1.54) is 5.56 Å². The first kappa shape index (κ1) is 22.0. The van der Waals surface area contributed by atoms with Crippen LogP contribution in [0.2, 0.25) is 0 Å². The Balaban J connectivity index is 1.68. The summed E-state index contributed by atoms with van der Waals surface area (Å²) >= 11 is 0. The molecule has 1 aromatic heterocycles. The second-order valence-corrected chi connectivity index (χ2v) is 12.2. The van der Waals surface area contributed by atoms with Crippen molar-refractivity contribution in [1.82, 2.24) is 0 Å². The molecular formula is C28H31NO3S. The molecule has 0 unspecified atom stereocenters. The van der Waals surface area contributed by atoms with Crippen molar-refractivity contribution in [2.24, 2.45) is 11.3 Å². The topological polar surface area (TPSA) is 59.3 Å². The molecule has 0 amide bonds. The standard InChI is InChI=1S/C28H31NO3S/c1-17-10-13-26(18(2)14-17)33(30,31)29-24-16-23-22-15-19(28(3,4)5)11-12-25(22)32-27(23)21-9-7-6-8-20(21)24/h6-10,13-14,16,19,29H,11-12,15H2,1-5H3/t19-/m0/s1. The van der Waals surface area contributed by atoms with E-state index in [1.54, 1.807) is 6.07 Å². The van der Waals surface area contributed by atoms with E-state index in [-0.39, 0.29) is 5.41 Å². The smallest absolute Gasteiger partial charge is 0.262 e. The number of rotatable bonds is 3. The van der Waals surface area contributed by atoms with Gasteiger partial charge in [-0.1, -0.05) is 62.7 Å². The van der Waals surface area contributed by atoms with E-state index in [9.17, 15) is 8.42 Å². The van der Waals surface area contributed by atoms with Crippen LogP contribution in [0.15, 0.2) is 57.8 Å². The summed E-state index contributed by atoms with van der Waals surface area (Å²) in [5.74, 6) is 1.61. The van der Waals surface area contributed by atoms with Crippen LogP contribution in [-0.4, -0.2) is 8.42 Å². The summed E-state index contributed by atoms with van der Waals surface area (Å²) in [6, 6.07) is 15.3. The van der Waals surface area contributed by atoms with Crippen LogP contribution in [0.4, 0.5) is 5.69 Å². The normalized spacial score (nSPS) is 16.8. The first-order valence-electron chi connectivity index (χ1n) is 11.6. The average Bonchev–Trinajstić information content (AvgIpc) is 3.11. The highest BCUT2D eigenvalue weighted by Gasteiger charge is 2.32. The summed E-state index contributed by atoms with van der Waals surface area (Å²) in [5, 5.41) is 2.81. The quantitative estimate of drug-likeness (QED) is 0.352. The Morgan fingerprint density at radius 3 is 2.39 bits per heavy atom. The van der Waals surface area contributed by atoms with Gasteiger partial charge in [0.1, 0.15) is 11.3 Å². The first-order valence-corrected chi connectivity index (χ1v) is 13.1. The van der Waals surface area contributed by atoms with Crippen molar-refractivity contribution in [3.05, 3.63) is 71.0 Å². The van der Waals surface area contributed by atoms with Crippen molar-refractivity contribution in [3.63, 3.8) is 0 Å². The predicted molar refractivity (Wildman–Crippen MR) is 135 cm³/mol. The van der Waals surface area contributed by atoms with Gasteiger partial charge in [0, 0.05) is 28.1 Å². The maximum absolute atomic E-state index is 13.4. The summed E-state index contributed by atoms with van der Waals surface area (Å²) < 4.78 is 36.1. The van der Waals surface area contributed by atoms with Gasteiger partial charge in [-0.2, -0.15) is 0 Å². The summed E-state index contributed by atoms with van der Waals surface area (Å²) in [4.78, 5) is 0.305. The number of anilines is 1. The number of fused-ring (bicyclic) bond motifs is 5. The van der Waals surface area contributed by atoms with E-state index in [0.29, 0.717) is 16.5 Å². The van der Waals surface area contributed by atoms with Crippen molar-refractivity contribution in [1.29, 1.82) is 0 Å². The third-order valence-electron chi connectivity index (χ3n) is 7.14. The van der Waals surface area contributed by atoms with Crippen LogP contribution < -0.4 is 4.72 Å². The number of aryl methyl sites for hydroxylation is 3. The molecule has 1 N–H and O–H groups in total. The van der Waals surface area contributed by atoms with Crippen molar-refractivity contribution in [2.45, 2.75) is 58.8 Å². The second kappa shape index (κ2) is 7.63. The van der Waals surface area contributed by atoms with Gasteiger partial charge in [-0.25, -0.2) is 8.42 Å². The summed E-state index contributed by atoms with van der Waals surface area (Å²) in [6.45, 7) is 10.7. The monoisotopic (exact) mass is 461 g/mol. The third kappa shape index (κ3) is 3.82. The highest BCUT2D eigenvalue weighted by molar-refractivity contribution is 7.92. The fourth-order valence-corrected chi connectivity index (χ4v) is 6.52. The number of furan rings is 1. The molecule has 1 aliphatic carbocycles. The van der Waals surface area contributed by atoms with Gasteiger partial charge in [0.05, 0.1) is 10.6 Å². The molecule has 0 bridgehead atoms. The zero-order valence-electron chi connectivity index (χ0n) is 20.0. The van der Waals surface area contributed by atoms with E-state index in [1.807, 2.05) is 56.3 Å². The average molecular weight is 462 g/mol. The molecule has 0 saturated heterocycles. The maximum atomic E-state index is 13.4. The molecule has 0 saturated carbocycles. The summed E-state index contributed by atoms with van der Waals surface area (Å²) in [6.07, 6.45) is 2.98. The van der Waals surface area contributed by atoms with Gasteiger partial charge >= 0.3 is 0 Å². The van der Waals surface area contributed by atoms with Gasteiger partial charge in [-0.15, -0.1) is 0 Å². The number of hydrogen-bond acceptors (Lipinski definition) is 3. The van der Waals surface area contributed by atoms with Crippen LogP contribution in [0.3, 0.4) is 0 Å². The fraction of sp³-hybridized carbons (Fsp3) is 0.357. The van der Waals surface area contributed by atoms with Gasteiger partial charge in [0.2, 0.25) is 0 Å². The molecule has 4 nitrogen and oxygen atoms in total. The molecule has 0 radical (unpaired) electrons. The lowest BCUT2D eigenvalue weighted by atomic mass is 9.71. The molecule has 3 aromatic carbocycles. The van der Waals surface area contributed by atoms with Gasteiger partial charge in [-0.3, -0.25) is 4.72 Å². The SMILES string of the molecule is Cc1ccc(S(=O)(=O)Nc2cc3c4c(oc3c3ccccc23)CC[C@H](C(C)(C)C)C4)c(C)c1. The van der Waals surface area contributed by atoms with Crippen molar-refractivity contribution in [2.75, 3.05) is 4.72 Å². The Bertz CT molecular complexity index is 1490. The molecule has 4 aromatic rings. The Morgan fingerprint density at radius 2 is 1.70 bits per heavy atom. The number of nitrogens with one attached hydrogen (secondary N) is 1. The highest BCUT2D eigenvalue weighted by Crippen LogP contribution is 2.44. The minimum atomic E-state index is -3.74. The predicted octanol–water partition coefficient (Wildman–Crippen LogP) is 7.15. The maximum Gasteiger partial charge on any atom is 0.262 e. The molecule has 1 atom stereocenters. The Hall–Kier alpha value is -2.79. The van der Waals surface area contributed by atoms with Gasteiger partial charge < -0.3 is 4.42 Å². The van der Waals surface area contributed by atoms with Crippen LogP contribution in [0.25, 0.3) is 21.7 Å². The van der Waals surface area contributed by atoms with Gasteiger partial charge in [-0.05, 0) is 55.7 Å². The molecule has 0 spiro atoms. The molecule has 172 valence electrons. The summed E-state index contributed by atoms with van der Waals surface area (Å²) in [7, 11) is -3.74. The van der Waals surface area contributed by atoms with E-state index in [4.69, 9.17) is 4.42 Å². The number of sulfonamides is 1. The highest BCUT2D eigenvalue weighted by atomic mass is 32.2. The van der Waals surface area contributed by atoms with Crippen LogP contribution in [-0.2, 0) is 22.9 Å². The lowest BCUT2D eigenvalue weighted by molar-refractivity contribution is 0.210. The van der Waals surface area contributed by atoms with Gasteiger partial charge in [0.15, 0.2) is 0 Å². The Morgan fingerprint density at radius 1 is 0.970 bits per heavy atom. The lowest BCUT2D eigenvalue weighted by Gasteiger charge is -2.33. The molecule has 0 aliphatic heterocycles. The zero-order chi connectivity index (χ0) is 23.5.